The lowest BCUT2D eigenvalue weighted by Crippen LogP contribution is -2.60. The SMILES string of the molecule is CCCC(=O)O[C@](C)(CCC=O)C1O[C@H](CC(C)=O)[C@@H]2[C@H]1[C@@H](C(C)C)[C@H](C)[C@@H](C)[C@@]2(C)O. The zero-order valence-corrected chi connectivity index (χ0v) is 21.2. The molecule has 6 nitrogen and oxygen atoms in total. The Morgan fingerprint density at radius 3 is 2.41 bits per heavy atom. The van der Waals surface area contributed by atoms with Gasteiger partial charge in [-0.15, -0.1) is 0 Å². The number of Topliss-reactive ketones (excluding diaryl/α,β-unsaturated/α-hetero) is 1. The molecule has 0 amide bonds. The maximum Gasteiger partial charge on any atom is 0.306 e. The van der Waals surface area contributed by atoms with Crippen LogP contribution in [0.1, 0.15) is 87.5 Å². The summed E-state index contributed by atoms with van der Waals surface area (Å²) in [7, 11) is 0. The van der Waals surface area contributed by atoms with Gasteiger partial charge in [0, 0.05) is 31.1 Å². The molecule has 1 heterocycles. The summed E-state index contributed by atoms with van der Waals surface area (Å²) in [5.41, 5.74) is -2.03. The van der Waals surface area contributed by atoms with Gasteiger partial charge in [0.25, 0.3) is 0 Å². The van der Waals surface area contributed by atoms with Gasteiger partial charge < -0.3 is 19.4 Å². The zero-order valence-electron chi connectivity index (χ0n) is 21.2. The third-order valence-corrected chi connectivity index (χ3v) is 8.34. The Labute approximate surface area is 193 Å². The summed E-state index contributed by atoms with van der Waals surface area (Å²) in [6.45, 7) is 15.8. The van der Waals surface area contributed by atoms with Crippen molar-refractivity contribution in [2.75, 3.05) is 0 Å². The van der Waals surface area contributed by atoms with Crippen LogP contribution in [0, 0.1) is 35.5 Å². The molecule has 0 spiro atoms. The van der Waals surface area contributed by atoms with Crippen molar-refractivity contribution in [3.63, 3.8) is 0 Å². The Balaban J connectivity index is 2.61. The molecular formula is C26H44O6. The normalized spacial score (nSPS) is 38.8. The Morgan fingerprint density at radius 1 is 1.28 bits per heavy atom. The van der Waals surface area contributed by atoms with E-state index < -0.39 is 23.4 Å². The summed E-state index contributed by atoms with van der Waals surface area (Å²) in [4.78, 5) is 36.0. The summed E-state index contributed by atoms with van der Waals surface area (Å²) in [6, 6.07) is 0. The van der Waals surface area contributed by atoms with Crippen LogP contribution in [0.15, 0.2) is 0 Å². The van der Waals surface area contributed by atoms with Crippen LogP contribution in [0.25, 0.3) is 0 Å². The van der Waals surface area contributed by atoms with Crippen molar-refractivity contribution in [2.45, 2.75) is 111 Å². The summed E-state index contributed by atoms with van der Waals surface area (Å²) in [5.74, 6) is 0.141. The zero-order chi connectivity index (χ0) is 24.4. The van der Waals surface area contributed by atoms with Crippen molar-refractivity contribution < 1.29 is 29.0 Å². The number of aliphatic hydroxyl groups is 1. The smallest absolute Gasteiger partial charge is 0.306 e. The van der Waals surface area contributed by atoms with E-state index in [2.05, 4.69) is 27.7 Å². The van der Waals surface area contributed by atoms with E-state index in [1.54, 1.807) is 6.92 Å². The number of carbonyl (C=O) groups excluding carboxylic acids is 3. The molecule has 2 rings (SSSR count). The number of ether oxygens (including phenoxy) is 2. The first-order valence-corrected chi connectivity index (χ1v) is 12.3. The minimum absolute atomic E-state index is 0.00939. The number of fused-ring (bicyclic) bond motifs is 1. The number of ketones is 1. The fourth-order valence-electron chi connectivity index (χ4n) is 6.70. The molecule has 0 aromatic rings. The number of esters is 1. The van der Waals surface area contributed by atoms with Crippen molar-refractivity contribution in [3.05, 3.63) is 0 Å². The molecule has 0 aromatic carbocycles. The molecule has 0 radical (unpaired) electrons. The van der Waals surface area contributed by atoms with E-state index in [0.717, 1.165) is 6.29 Å². The Bertz CT molecular complexity index is 686. The molecule has 2 aliphatic rings. The molecule has 1 aliphatic heterocycles. The van der Waals surface area contributed by atoms with Crippen LogP contribution in [0.3, 0.4) is 0 Å². The van der Waals surface area contributed by atoms with Crippen molar-refractivity contribution in [3.8, 4) is 0 Å². The molecule has 1 aliphatic carbocycles. The largest absolute Gasteiger partial charge is 0.457 e. The van der Waals surface area contributed by atoms with Crippen molar-refractivity contribution >= 4 is 18.0 Å². The van der Waals surface area contributed by atoms with Gasteiger partial charge in [-0.25, -0.2) is 0 Å². The summed E-state index contributed by atoms with van der Waals surface area (Å²) in [6.07, 6.45) is 1.68. The predicted octanol–water partition coefficient (Wildman–Crippen LogP) is 4.36. The number of rotatable bonds is 10. The average Bonchev–Trinajstić information content (AvgIpc) is 3.04. The first-order valence-electron chi connectivity index (χ1n) is 12.3. The Kier molecular flexibility index (Phi) is 8.71. The van der Waals surface area contributed by atoms with Gasteiger partial charge in [0.1, 0.15) is 23.8 Å². The molecule has 9 atom stereocenters. The van der Waals surface area contributed by atoms with Crippen LogP contribution in [0.5, 0.6) is 0 Å². The van der Waals surface area contributed by atoms with E-state index in [4.69, 9.17) is 9.47 Å². The van der Waals surface area contributed by atoms with Gasteiger partial charge >= 0.3 is 5.97 Å². The highest BCUT2D eigenvalue weighted by atomic mass is 16.6. The van der Waals surface area contributed by atoms with E-state index in [9.17, 15) is 19.5 Å². The van der Waals surface area contributed by atoms with Gasteiger partial charge in [-0.2, -0.15) is 0 Å². The van der Waals surface area contributed by atoms with Crippen molar-refractivity contribution in [1.29, 1.82) is 0 Å². The first-order chi connectivity index (χ1) is 14.8. The van der Waals surface area contributed by atoms with E-state index >= 15 is 0 Å². The van der Waals surface area contributed by atoms with Crippen LogP contribution in [0.2, 0.25) is 0 Å². The van der Waals surface area contributed by atoms with Gasteiger partial charge in [-0.05, 0) is 57.3 Å². The molecule has 1 unspecified atom stereocenters. The lowest BCUT2D eigenvalue weighted by Gasteiger charge is -2.55. The average molecular weight is 453 g/mol. The van der Waals surface area contributed by atoms with Gasteiger partial charge in [-0.3, -0.25) is 9.59 Å². The summed E-state index contributed by atoms with van der Waals surface area (Å²) >= 11 is 0. The molecule has 6 heteroatoms. The topological polar surface area (TPSA) is 89.9 Å². The molecule has 1 saturated heterocycles. The first kappa shape index (κ1) is 27.0. The molecule has 1 saturated carbocycles. The minimum atomic E-state index is -1.02. The minimum Gasteiger partial charge on any atom is -0.457 e. The van der Waals surface area contributed by atoms with Crippen LogP contribution in [-0.4, -0.2) is 46.6 Å². The van der Waals surface area contributed by atoms with Crippen LogP contribution in [-0.2, 0) is 23.9 Å². The van der Waals surface area contributed by atoms with Crippen molar-refractivity contribution in [1.82, 2.24) is 0 Å². The second-order valence-corrected chi connectivity index (χ2v) is 11.0. The molecule has 0 aromatic heterocycles. The lowest BCUT2D eigenvalue weighted by molar-refractivity contribution is -0.186. The maximum atomic E-state index is 12.6. The van der Waals surface area contributed by atoms with Crippen molar-refractivity contribution in [2.24, 2.45) is 35.5 Å². The molecule has 184 valence electrons. The number of carbonyl (C=O) groups is 3. The fourth-order valence-corrected chi connectivity index (χ4v) is 6.70. The summed E-state index contributed by atoms with van der Waals surface area (Å²) in [5, 5.41) is 11.7. The Hall–Kier alpha value is -1.27. The predicted molar refractivity (Wildman–Crippen MR) is 123 cm³/mol. The molecule has 1 N–H and O–H groups in total. The number of hydrogen-bond donors (Lipinski definition) is 1. The van der Waals surface area contributed by atoms with E-state index in [-0.39, 0.29) is 54.2 Å². The second-order valence-electron chi connectivity index (χ2n) is 11.0. The highest BCUT2D eigenvalue weighted by Crippen LogP contribution is 2.59. The summed E-state index contributed by atoms with van der Waals surface area (Å²) < 4.78 is 12.6. The molecular weight excluding hydrogens is 408 g/mol. The molecule has 2 fully saturated rings. The third-order valence-electron chi connectivity index (χ3n) is 8.34. The molecule has 32 heavy (non-hydrogen) atoms. The number of aldehydes is 1. The maximum absolute atomic E-state index is 12.6. The van der Waals surface area contributed by atoms with E-state index in [1.807, 2.05) is 20.8 Å². The third kappa shape index (κ3) is 5.11. The molecule has 0 bridgehead atoms. The fraction of sp³-hybridized carbons (Fsp3) is 0.885. The van der Waals surface area contributed by atoms with Gasteiger partial charge in [0.2, 0.25) is 0 Å². The van der Waals surface area contributed by atoms with Crippen LogP contribution in [0.4, 0.5) is 0 Å². The van der Waals surface area contributed by atoms with Gasteiger partial charge in [0.15, 0.2) is 0 Å². The monoisotopic (exact) mass is 452 g/mol. The van der Waals surface area contributed by atoms with Gasteiger partial charge in [0.05, 0.1) is 11.7 Å². The highest BCUT2D eigenvalue weighted by Gasteiger charge is 2.65. The number of hydrogen-bond acceptors (Lipinski definition) is 6. The quantitative estimate of drug-likeness (QED) is 0.391. The van der Waals surface area contributed by atoms with E-state index in [0.29, 0.717) is 25.2 Å². The second kappa shape index (κ2) is 10.3. The van der Waals surface area contributed by atoms with E-state index in [1.165, 1.54) is 0 Å². The highest BCUT2D eigenvalue weighted by molar-refractivity contribution is 5.76. The van der Waals surface area contributed by atoms with Crippen LogP contribution >= 0.6 is 0 Å². The van der Waals surface area contributed by atoms with Crippen LogP contribution < -0.4 is 0 Å². The lowest BCUT2D eigenvalue weighted by atomic mass is 9.51. The van der Waals surface area contributed by atoms with Gasteiger partial charge in [-0.1, -0.05) is 34.6 Å². The Morgan fingerprint density at radius 2 is 1.91 bits per heavy atom. The standard InChI is InChI=1S/C26H44O6/c1-9-11-20(29)32-25(7,12-10-13-27)24-22-21(15(2)3)17(5)18(6)26(8,30)23(22)19(31-24)14-16(4)28/h13,15,17-19,21-24,30H,9-12,14H2,1-8H3/t17-,18-,19-,21+,22-,23-,24?,25-,26-/m1/s1.